The van der Waals surface area contributed by atoms with Gasteiger partial charge in [0.1, 0.15) is 0 Å². The van der Waals surface area contributed by atoms with Crippen LogP contribution in [0.4, 0.5) is 0 Å². The SMILES string of the molecule is Cc1ccc(-n2nc(C)c(CCCNC(C)C)c2C)cc1. The summed E-state index contributed by atoms with van der Waals surface area (Å²) in [5, 5.41) is 8.19. The lowest BCUT2D eigenvalue weighted by atomic mass is 10.1. The molecule has 0 spiro atoms. The average molecular weight is 285 g/mol. The third-order valence-corrected chi connectivity index (χ3v) is 3.88. The molecule has 0 saturated heterocycles. The summed E-state index contributed by atoms with van der Waals surface area (Å²) in [6, 6.07) is 9.11. The first-order valence-corrected chi connectivity index (χ1v) is 7.84. The molecule has 0 bridgehead atoms. The highest BCUT2D eigenvalue weighted by Crippen LogP contribution is 2.19. The van der Waals surface area contributed by atoms with Crippen molar-refractivity contribution < 1.29 is 0 Å². The maximum atomic E-state index is 4.72. The number of rotatable bonds is 6. The van der Waals surface area contributed by atoms with E-state index in [1.165, 1.54) is 16.8 Å². The van der Waals surface area contributed by atoms with E-state index >= 15 is 0 Å². The van der Waals surface area contributed by atoms with E-state index in [9.17, 15) is 0 Å². The van der Waals surface area contributed by atoms with E-state index in [0.29, 0.717) is 6.04 Å². The fourth-order valence-corrected chi connectivity index (χ4v) is 2.63. The fourth-order valence-electron chi connectivity index (χ4n) is 2.63. The molecule has 0 aliphatic rings. The highest BCUT2D eigenvalue weighted by molar-refractivity contribution is 5.38. The van der Waals surface area contributed by atoms with Crippen LogP contribution in [0.15, 0.2) is 24.3 Å². The van der Waals surface area contributed by atoms with Crippen LogP contribution in [-0.4, -0.2) is 22.4 Å². The van der Waals surface area contributed by atoms with E-state index in [4.69, 9.17) is 5.10 Å². The van der Waals surface area contributed by atoms with Gasteiger partial charge in [0, 0.05) is 11.7 Å². The molecule has 0 atom stereocenters. The van der Waals surface area contributed by atoms with Gasteiger partial charge in [-0.05, 0) is 57.9 Å². The number of hydrogen-bond acceptors (Lipinski definition) is 2. The molecule has 0 aliphatic heterocycles. The third kappa shape index (κ3) is 3.94. The Morgan fingerprint density at radius 1 is 1.10 bits per heavy atom. The van der Waals surface area contributed by atoms with Crippen LogP contribution >= 0.6 is 0 Å². The molecule has 0 amide bonds. The summed E-state index contributed by atoms with van der Waals surface area (Å²) >= 11 is 0. The molecule has 1 aromatic carbocycles. The summed E-state index contributed by atoms with van der Waals surface area (Å²) in [6.07, 6.45) is 2.24. The molecule has 2 rings (SSSR count). The van der Waals surface area contributed by atoms with Crippen LogP contribution < -0.4 is 5.32 Å². The quantitative estimate of drug-likeness (QED) is 0.820. The Morgan fingerprint density at radius 3 is 2.38 bits per heavy atom. The Kier molecular flexibility index (Phi) is 5.18. The van der Waals surface area contributed by atoms with Crippen molar-refractivity contribution in [3.8, 4) is 5.69 Å². The van der Waals surface area contributed by atoms with Crippen molar-refractivity contribution in [2.24, 2.45) is 0 Å². The van der Waals surface area contributed by atoms with Gasteiger partial charge in [-0.3, -0.25) is 0 Å². The summed E-state index contributed by atoms with van der Waals surface area (Å²) in [5.41, 5.74) is 6.23. The summed E-state index contributed by atoms with van der Waals surface area (Å²) in [7, 11) is 0. The van der Waals surface area contributed by atoms with E-state index in [1.807, 2.05) is 0 Å². The number of aromatic nitrogens is 2. The summed E-state index contributed by atoms with van der Waals surface area (Å²) in [4.78, 5) is 0. The first kappa shape index (κ1) is 15.8. The molecular weight excluding hydrogens is 258 g/mol. The van der Waals surface area contributed by atoms with Crippen molar-refractivity contribution >= 4 is 0 Å². The van der Waals surface area contributed by atoms with Crippen LogP contribution in [0.5, 0.6) is 0 Å². The summed E-state index contributed by atoms with van der Waals surface area (Å²) < 4.78 is 2.07. The number of nitrogens with one attached hydrogen (secondary N) is 1. The number of nitrogens with zero attached hydrogens (tertiary/aromatic N) is 2. The first-order valence-electron chi connectivity index (χ1n) is 7.84. The number of aryl methyl sites for hydroxylation is 2. The Balaban J connectivity index is 2.12. The van der Waals surface area contributed by atoms with E-state index in [2.05, 4.69) is 68.9 Å². The maximum absolute atomic E-state index is 4.72. The monoisotopic (exact) mass is 285 g/mol. The largest absolute Gasteiger partial charge is 0.315 e. The van der Waals surface area contributed by atoms with Crippen molar-refractivity contribution in [2.45, 2.75) is 53.5 Å². The van der Waals surface area contributed by atoms with Crippen LogP contribution in [0.2, 0.25) is 0 Å². The van der Waals surface area contributed by atoms with Gasteiger partial charge in [0.15, 0.2) is 0 Å². The van der Waals surface area contributed by atoms with Crippen LogP contribution in [0.3, 0.4) is 0 Å². The van der Waals surface area contributed by atoms with Gasteiger partial charge in [0.2, 0.25) is 0 Å². The lowest BCUT2D eigenvalue weighted by Gasteiger charge is -2.08. The second-order valence-corrected chi connectivity index (χ2v) is 6.11. The van der Waals surface area contributed by atoms with Crippen molar-refractivity contribution in [3.63, 3.8) is 0 Å². The number of benzene rings is 1. The zero-order valence-electron chi connectivity index (χ0n) is 13.9. The molecule has 114 valence electrons. The standard InChI is InChI=1S/C18H27N3/c1-13(2)19-12-6-7-18-15(4)20-21(16(18)5)17-10-8-14(3)9-11-17/h8-11,13,19H,6-7,12H2,1-5H3. The van der Waals surface area contributed by atoms with Gasteiger partial charge < -0.3 is 5.32 Å². The normalized spacial score (nSPS) is 11.3. The van der Waals surface area contributed by atoms with Crippen LogP contribution in [0.1, 0.15) is 42.8 Å². The Morgan fingerprint density at radius 2 is 1.76 bits per heavy atom. The van der Waals surface area contributed by atoms with Gasteiger partial charge in [-0.2, -0.15) is 5.10 Å². The van der Waals surface area contributed by atoms with Crippen molar-refractivity contribution in [1.82, 2.24) is 15.1 Å². The smallest absolute Gasteiger partial charge is 0.0649 e. The van der Waals surface area contributed by atoms with Crippen LogP contribution in [0.25, 0.3) is 5.69 Å². The van der Waals surface area contributed by atoms with Crippen molar-refractivity contribution in [2.75, 3.05) is 6.54 Å². The first-order chi connectivity index (χ1) is 9.99. The zero-order chi connectivity index (χ0) is 15.4. The molecule has 3 nitrogen and oxygen atoms in total. The lowest BCUT2D eigenvalue weighted by molar-refractivity contribution is 0.570. The summed E-state index contributed by atoms with van der Waals surface area (Å²) in [6.45, 7) is 11.8. The fraction of sp³-hybridized carbons (Fsp3) is 0.500. The highest BCUT2D eigenvalue weighted by atomic mass is 15.3. The average Bonchev–Trinajstić information content (AvgIpc) is 2.71. The third-order valence-electron chi connectivity index (χ3n) is 3.88. The van der Waals surface area contributed by atoms with Gasteiger partial charge in [-0.15, -0.1) is 0 Å². The van der Waals surface area contributed by atoms with E-state index < -0.39 is 0 Å². The molecule has 0 radical (unpaired) electrons. The van der Waals surface area contributed by atoms with E-state index in [-0.39, 0.29) is 0 Å². The maximum Gasteiger partial charge on any atom is 0.0649 e. The minimum absolute atomic E-state index is 0.558. The minimum atomic E-state index is 0.558. The molecule has 21 heavy (non-hydrogen) atoms. The molecule has 1 aromatic heterocycles. The van der Waals surface area contributed by atoms with Gasteiger partial charge >= 0.3 is 0 Å². The molecule has 0 fully saturated rings. The molecule has 0 saturated carbocycles. The van der Waals surface area contributed by atoms with E-state index in [0.717, 1.165) is 30.8 Å². The van der Waals surface area contributed by atoms with Crippen molar-refractivity contribution in [3.05, 3.63) is 46.8 Å². The Hall–Kier alpha value is -1.61. The molecule has 3 heteroatoms. The number of hydrogen-bond donors (Lipinski definition) is 1. The van der Waals surface area contributed by atoms with Gasteiger partial charge in [0.05, 0.1) is 11.4 Å². The van der Waals surface area contributed by atoms with Gasteiger partial charge in [-0.25, -0.2) is 4.68 Å². The van der Waals surface area contributed by atoms with Gasteiger partial charge in [0.25, 0.3) is 0 Å². The molecule has 1 heterocycles. The molecular formula is C18H27N3. The molecule has 0 unspecified atom stereocenters. The van der Waals surface area contributed by atoms with Crippen LogP contribution in [-0.2, 0) is 6.42 Å². The second kappa shape index (κ2) is 6.90. The zero-order valence-corrected chi connectivity index (χ0v) is 13.9. The predicted molar refractivity (Wildman–Crippen MR) is 89.2 cm³/mol. The molecule has 0 aliphatic carbocycles. The van der Waals surface area contributed by atoms with Crippen LogP contribution in [0, 0.1) is 20.8 Å². The Bertz CT molecular complexity index is 579. The Labute approximate surface area is 128 Å². The topological polar surface area (TPSA) is 29.9 Å². The predicted octanol–water partition coefficient (Wildman–Crippen LogP) is 3.73. The second-order valence-electron chi connectivity index (χ2n) is 6.11. The van der Waals surface area contributed by atoms with E-state index in [1.54, 1.807) is 0 Å². The van der Waals surface area contributed by atoms with Crippen molar-refractivity contribution in [1.29, 1.82) is 0 Å². The molecule has 1 N–H and O–H groups in total. The minimum Gasteiger partial charge on any atom is -0.315 e. The van der Waals surface area contributed by atoms with Gasteiger partial charge in [-0.1, -0.05) is 31.5 Å². The lowest BCUT2D eigenvalue weighted by Crippen LogP contribution is -2.24. The highest BCUT2D eigenvalue weighted by Gasteiger charge is 2.12. The molecule has 2 aromatic rings. The summed E-state index contributed by atoms with van der Waals surface area (Å²) in [5.74, 6) is 0.